The Bertz CT molecular complexity index is 1420. The molecule has 0 heterocycles. The van der Waals surface area contributed by atoms with Crippen molar-refractivity contribution in [2.75, 3.05) is 47.5 Å². The zero-order valence-corrected chi connectivity index (χ0v) is 54.4. The van der Waals surface area contributed by atoms with Crippen LogP contribution in [0.2, 0.25) is 0 Å². The highest BCUT2D eigenvalue weighted by Gasteiger charge is 2.22. The van der Waals surface area contributed by atoms with E-state index in [2.05, 4.69) is 50.3 Å². The molecule has 0 radical (unpaired) electrons. The molecule has 0 aromatic rings. The van der Waals surface area contributed by atoms with Gasteiger partial charge in [-0.25, -0.2) is 0 Å². The molecule has 0 fully saturated rings. The van der Waals surface area contributed by atoms with Crippen LogP contribution in [0.5, 0.6) is 0 Å². The summed E-state index contributed by atoms with van der Waals surface area (Å²) < 4.78 is 22.8. The van der Waals surface area contributed by atoms with Gasteiger partial charge in [0.1, 0.15) is 13.2 Å². The zero-order chi connectivity index (χ0) is 59.1. The Labute approximate surface area is 502 Å². The monoisotopic (exact) mass is 1140 g/mol. The lowest BCUT2D eigenvalue weighted by Crippen LogP contribution is -2.44. The van der Waals surface area contributed by atoms with Crippen LogP contribution in [0.1, 0.15) is 348 Å². The van der Waals surface area contributed by atoms with Gasteiger partial charge < -0.3 is 33.3 Å². The average molecular weight is 1140 g/mol. The zero-order valence-electron chi connectivity index (χ0n) is 54.4. The van der Waals surface area contributed by atoms with Gasteiger partial charge in [0.25, 0.3) is 0 Å². The normalized spacial score (nSPS) is 12.9. The van der Waals surface area contributed by atoms with Crippen molar-refractivity contribution >= 4 is 17.9 Å². The molecule has 0 aromatic carbocycles. The van der Waals surface area contributed by atoms with Gasteiger partial charge in [-0.15, -0.1) is 0 Å². The fourth-order valence-electron chi connectivity index (χ4n) is 10.5. The Hall–Kier alpha value is -2.49. The number of ether oxygens (including phenoxy) is 4. The molecule has 81 heavy (non-hydrogen) atoms. The van der Waals surface area contributed by atoms with Gasteiger partial charge in [-0.3, -0.25) is 9.59 Å². The molecule has 2 atom stereocenters. The molecule has 9 heteroatoms. The third kappa shape index (κ3) is 64.9. The van der Waals surface area contributed by atoms with Gasteiger partial charge in [-0.2, -0.15) is 0 Å². The van der Waals surface area contributed by atoms with E-state index in [9.17, 15) is 19.5 Å². The highest BCUT2D eigenvalue weighted by molar-refractivity contribution is 5.70. The maximum atomic E-state index is 12.9. The van der Waals surface area contributed by atoms with Crippen molar-refractivity contribution in [1.29, 1.82) is 0 Å². The molecule has 476 valence electrons. The molecule has 0 aromatic heterocycles. The number of likely N-dealkylation sites (N-methyl/N-ethyl adjacent to an activating group) is 1. The van der Waals surface area contributed by atoms with Gasteiger partial charge in [-0.05, 0) is 51.4 Å². The molecule has 0 N–H and O–H groups in total. The van der Waals surface area contributed by atoms with E-state index in [-0.39, 0.29) is 32.2 Å². The first-order chi connectivity index (χ1) is 39.6. The highest BCUT2D eigenvalue weighted by atomic mass is 16.7. The number of allylic oxidation sites excluding steroid dienone is 6. The lowest BCUT2D eigenvalue weighted by atomic mass is 10.0. The standard InChI is InChI=1S/C72H135NO8/c1-6-8-10-12-14-16-18-20-22-24-26-28-30-32-34-35-37-38-40-42-44-46-48-50-52-54-56-58-60-62-69(74)79-66-68(67-80-72(71(76)77)78-65-64-73(3,4)5)81-70(75)63-61-59-57-55-53-51-49-47-45-43-41-39-36-33-31-29-27-25-23-21-19-17-15-13-11-9-7-2/h19,21,25,27,31,33,68,72H,6-18,20,22-24,26,28-30,32,34-67H2,1-5H3/b21-19-,27-25-,33-31-. The minimum atomic E-state index is -1.62. The molecule has 0 saturated heterocycles. The number of hydrogen-bond acceptors (Lipinski definition) is 8. The molecule has 9 nitrogen and oxygen atoms in total. The summed E-state index contributed by atoms with van der Waals surface area (Å²) >= 11 is 0. The lowest BCUT2D eigenvalue weighted by Gasteiger charge is -2.26. The summed E-state index contributed by atoms with van der Waals surface area (Å²) in [6, 6.07) is 0. The largest absolute Gasteiger partial charge is 0.545 e. The smallest absolute Gasteiger partial charge is 0.306 e. The molecule has 0 aliphatic rings. The second-order valence-electron chi connectivity index (χ2n) is 25.2. The number of carboxylic acid groups (broad SMARTS) is 1. The SMILES string of the molecule is CCCCCCC/C=C\C/C=C\C/C=C\CCCCCCCCCCCCCCC(=O)OC(COC(=O)CCCCCCCCCCCCCCCCCCCCCCCCCCCCCCC)COC(OCC[N+](C)(C)C)C(=O)[O-]. The summed E-state index contributed by atoms with van der Waals surface area (Å²) in [5, 5.41) is 11.8. The Kier molecular flexibility index (Phi) is 61.6. The molecule has 0 bridgehead atoms. The number of carboxylic acids is 1. The lowest BCUT2D eigenvalue weighted by molar-refractivity contribution is -0.870. The minimum Gasteiger partial charge on any atom is -0.545 e. The van der Waals surface area contributed by atoms with Gasteiger partial charge in [0.2, 0.25) is 0 Å². The summed E-state index contributed by atoms with van der Waals surface area (Å²) in [6.45, 7) is 4.80. The number of esters is 2. The van der Waals surface area contributed by atoms with E-state index in [4.69, 9.17) is 18.9 Å². The summed E-state index contributed by atoms with van der Waals surface area (Å²) in [6.07, 6.45) is 76.6. The molecule has 0 saturated carbocycles. The number of quaternary nitrogens is 1. The van der Waals surface area contributed by atoms with Gasteiger partial charge >= 0.3 is 11.9 Å². The molecular weight excluding hydrogens is 1010 g/mol. The number of carbonyl (C=O) groups excluding carboxylic acids is 3. The highest BCUT2D eigenvalue weighted by Crippen LogP contribution is 2.19. The number of unbranched alkanes of at least 4 members (excludes halogenated alkanes) is 45. The molecule has 0 spiro atoms. The second-order valence-corrected chi connectivity index (χ2v) is 25.2. The number of hydrogen-bond donors (Lipinski definition) is 0. The van der Waals surface area contributed by atoms with Gasteiger partial charge in [0.05, 0.1) is 40.3 Å². The molecule has 0 aliphatic carbocycles. The fraction of sp³-hybridized carbons (Fsp3) is 0.875. The molecule has 2 unspecified atom stereocenters. The van der Waals surface area contributed by atoms with Crippen molar-refractivity contribution < 1.29 is 42.9 Å². The van der Waals surface area contributed by atoms with Crippen LogP contribution in [0.4, 0.5) is 0 Å². The first-order valence-corrected chi connectivity index (χ1v) is 35.1. The van der Waals surface area contributed by atoms with E-state index in [0.717, 1.165) is 51.4 Å². The third-order valence-corrected chi connectivity index (χ3v) is 15.9. The van der Waals surface area contributed by atoms with Crippen LogP contribution >= 0.6 is 0 Å². The van der Waals surface area contributed by atoms with Gasteiger partial charge in [0, 0.05) is 12.8 Å². The van der Waals surface area contributed by atoms with Crippen molar-refractivity contribution in [3.8, 4) is 0 Å². The number of carbonyl (C=O) groups is 3. The van der Waals surface area contributed by atoms with Crippen molar-refractivity contribution in [3.63, 3.8) is 0 Å². The van der Waals surface area contributed by atoms with E-state index in [1.165, 1.54) is 263 Å². The van der Waals surface area contributed by atoms with Gasteiger partial charge in [-0.1, -0.05) is 320 Å². The molecule has 0 rings (SSSR count). The summed E-state index contributed by atoms with van der Waals surface area (Å²) in [7, 11) is 5.94. The Morgan fingerprint density at radius 2 is 0.667 bits per heavy atom. The van der Waals surface area contributed by atoms with Crippen molar-refractivity contribution in [1.82, 2.24) is 0 Å². The molecule has 0 aliphatic heterocycles. The second kappa shape index (κ2) is 63.5. The third-order valence-electron chi connectivity index (χ3n) is 15.9. The van der Waals surface area contributed by atoms with E-state index in [0.29, 0.717) is 23.9 Å². The molecular formula is C72H135NO8. The Balaban J connectivity index is 4.08. The topological polar surface area (TPSA) is 111 Å². The van der Waals surface area contributed by atoms with Crippen LogP contribution < -0.4 is 5.11 Å². The minimum absolute atomic E-state index is 0.149. The fourth-order valence-corrected chi connectivity index (χ4v) is 10.5. The predicted octanol–water partition coefficient (Wildman–Crippen LogP) is 20.3. The first-order valence-electron chi connectivity index (χ1n) is 35.1. The predicted molar refractivity (Wildman–Crippen MR) is 343 cm³/mol. The van der Waals surface area contributed by atoms with E-state index in [1.54, 1.807) is 0 Å². The summed E-state index contributed by atoms with van der Waals surface area (Å²) in [4.78, 5) is 37.5. The van der Waals surface area contributed by atoms with Gasteiger partial charge in [0.15, 0.2) is 12.4 Å². The van der Waals surface area contributed by atoms with Crippen LogP contribution in [0.3, 0.4) is 0 Å². The van der Waals surface area contributed by atoms with Crippen LogP contribution in [0.15, 0.2) is 36.5 Å². The van der Waals surface area contributed by atoms with E-state index < -0.39 is 24.3 Å². The summed E-state index contributed by atoms with van der Waals surface area (Å²) in [5.74, 6) is -2.26. The van der Waals surface area contributed by atoms with E-state index in [1.807, 2.05) is 21.1 Å². The molecule has 0 amide bonds. The Morgan fingerprint density at radius 3 is 0.988 bits per heavy atom. The maximum absolute atomic E-state index is 12.9. The van der Waals surface area contributed by atoms with Crippen LogP contribution in [-0.2, 0) is 33.3 Å². The van der Waals surface area contributed by atoms with Crippen molar-refractivity contribution in [2.24, 2.45) is 0 Å². The Morgan fingerprint density at radius 1 is 0.370 bits per heavy atom. The number of rotatable bonds is 66. The first kappa shape index (κ1) is 78.5. The number of aliphatic carboxylic acids is 1. The quantitative estimate of drug-likeness (QED) is 0.0195. The number of nitrogens with zero attached hydrogens (tertiary/aromatic N) is 1. The maximum Gasteiger partial charge on any atom is 0.306 e. The van der Waals surface area contributed by atoms with Crippen LogP contribution in [-0.4, -0.2) is 82.3 Å². The van der Waals surface area contributed by atoms with Crippen molar-refractivity contribution in [2.45, 2.75) is 360 Å². The average Bonchev–Trinajstić information content (AvgIpc) is 3.44. The van der Waals surface area contributed by atoms with Crippen LogP contribution in [0.25, 0.3) is 0 Å². The van der Waals surface area contributed by atoms with Crippen LogP contribution in [0, 0.1) is 0 Å². The van der Waals surface area contributed by atoms with E-state index >= 15 is 0 Å². The summed E-state index contributed by atoms with van der Waals surface area (Å²) in [5.41, 5.74) is 0. The van der Waals surface area contributed by atoms with Crippen molar-refractivity contribution in [3.05, 3.63) is 36.5 Å².